The Kier molecular flexibility index (Phi) is 6.61. The van der Waals surface area contributed by atoms with Gasteiger partial charge in [0.1, 0.15) is 5.54 Å². The lowest BCUT2D eigenvalue weighted by molar-refractivity contribution is -0.146. The fourth-order valence-electron chi connectivity index (χ4n) is 1.26. The summed E-state index contributed by atoms with van der Waals surface area (Å²) in [7, 11) is 1.50. The van der Waals surface area contributed by atoms with E-state index in [9.17, 15) is 9.59 Å². The molecule has 0 aliphatic carbocycles. The number of hydrogen-bond donors (Lipinski definition) is 2. The zero-order valence-corrected chi connectivity index (χ0v) is 11.2. The highest BCUT2D eigenvalue weighted by Gasteiger charge is 2.34. The number of likely N-dealkylation sites (N-methyl/N-ethyl adjacent to an activating group) is 1. The number of unbranched alkanes of at least 4 members (excludes halogenated alkanes) is 3. The van der Waals surface area contributed by atoms with E-state index in [-0.39, 0.29) is 6.03 Å². The van der Waals surface area contributed by atoms with Crippen LogP contribution in [0, 0.1) is 0 Å². The molecule has 0 aromatic heterocycles. The van der Waals surface area contributed by atoms with Crippen molar-refractivity contribution in [2.45, 2.75) is 52.0 Å². The maximum atomic E-state index is 11.7. The van der Waals surface area contributed by atoms with Crippen LogP contribution in [0.15, 0.2) is 0 Å². The molecule has 0 saturated heterocycles. The summed E-state index contributed by atoms with van der Waals surface area (Å²) in [4.78, 5) is 23.9. The van der Waals surface area contributed by atoms with Gasteiger partial charge in [-0.25, -0.2) is 9.59 Å². The van der Waals surface area contributed by atoms with Crippen molar-refractivity contribution in [3.05, 3.63) is 0 Å². The Morgan fingerprint density at radius 1 is 1.24 bits per heavy atom. The monoisotopic (exact) mass is 244 g/mol. The summed E-state index contributed by atoms with van der Waals surface area (Å²) in [5.74, 6) is -1.01. The van der Waals surface area contributed by atoms with Gasteiger partial charge < -0.3 is 15.3 Å². The van der Waals surface area contributed by atoms with Crippen LogP contribution in [-0.4, -0.2) is 41.1 Å². The van der Waals surface area contributed by atoms with Gasteiger partial charge in [0.05, 0.1) is 0 Å². The molecule has 0 aliphatic rings. The first-order valence-electron chi connectivity index (χ1n) is 6.09. The Labute approximate surface area is 103 Å². The van der Waals surface area contributed by atoms with Gasteiger partial charge in [-0.1, -0.05) is 26.2 Å². The molecular formula is C12H24N2O3. The maximum Gasteiger partial charge on any atom is 0.329 e. The Morgan fingerprint density at radius 2 is 1.82 bits per heavy atom. The van der Waals surface area contributed by atoms with Crippen LogP contribution >= 0.6 is 0 Å². The average Bonchev–Trinajstić information content (AvgIpc) is 2.27. The van der Waals surface area contributed by atoms with Gasteiger partial charge in [0, 0.05) is 13.6 Å². The zero-order valence-electron chi connectivity index (χ0n) is 11.2. The van der Waals surface area contributed by atoms with Crippen molar-refractivity contribution in [2.24, 2.45) is 0 Å². The molecule has 0 heterocycles. The van der Waals surface area contributed by atoms with E-state index in [1.54, 1.807) is 0 Å². The third kappa shape index (κ3) is 5.06. The lowest BCUT2D eigenvalue weighted by Gasteiger charge is -2.31. The van der Waals surface area contributed by atoms with Crippen LogP contribution in [0.1, 0.15) is 46.5 Å². The van der Waals surface area contributed by atoms with Gasteiger partial charge in [-0.2, -0.15) is 0 Å². The SMILES string of the molecule is CCCCCCNC(=O)N(C)C(C)(C)C(=O)O. The lowest BCUT2D eigenvalue weighted by atomic mass is 10.1. The molecule has 2 amide bonds. The van der Waals surface area contributed by atoms with E-state index in [1.165, 1.54) is 25.8 Å². The Balaban J connectivity index is 4.02. The van der Waals surface area contributed by atoms with Gasteiger partial charge in [0.15, 0.2) is 0 Å². The molecule has 17 heavy (non-hydrogen) atoms. The Bertz CT molecular complexity index is 264. The minimum atomic E-state index is -1.19. The second-order valence-electron chi connectivity index (χ2n) is 4.72. The number of amides is 2. The number of aliphatic carboxylic acids is 1. The number of rotatable bonds is 7. The number of carbonyl (C=O) groups is 2. The van der Waals surface area contributed by atoms with Crippen molar-refractivity contribution in [3.63, 3.8) is 0 Å². The minimum Gasteiger partial charge on any atom is -0.480 e. The fraction of sp³-hybridized carbons (Fsp3) is 0.833. The molecule has 0 rings (SSSR count). The number of carboxylic acids is 1. The van der Waals surface area contributed by atoms with Crippen molar-refractivity contribution in [1.82, 2.24) is 10.2 Å². The van der Waals surface area contributed by atoms with Crippen LogP contribution in [0.4, 0.5) is 4.79 Å². The first-order valence-corrected chi connectivity index (χ1v) is 6.09. The lowest BCUT2D eigenvalue weighted by Crippen LogP contribution is -2.54. The van der Waals surface area contributed by atoms with Crippen LogP contribution in [0.5, 0.6) is 0 Å². The van der Waals surface area contributed by atoms with E-state index in [1.807, 2.05) is 0 Å². The van der Waals surface area contributed by atoms with Crippen molar-refractivity contribution < 1.29 is 14.7 Å². The predicted molar refractivity (Wildman–Crippen MR) is 67.0 cm³/mol. The summed E-state index contributed by atoms with van der Waals surface area (Å²) in [6.07, 6.45) is 4.33. The van der Waals surface area contributed by atoms with E-state index in [2.05, 4.69) is 12.2 Å². The summed E-state index contributed by atoms with van der Waals surface area (Å²) in [5, 5.41) is 11.7. The fourth-order valence-corrected chi connectivity index (χ4v) is 1.26. The zero-order chi connectivity index (χ0) is 13.5. The van der Waals surface area contributed by atoms with Crippen LogP contribution in [0.3, 0.4) is 0 Å². The first kappa shape index (κ1) is 15.7. The van der Waals surface area contributed by atoms with Crippen molar-refractivity contribution in [1.29, 1.82) is 0 Å². The van der Waals surface area contributed by atoms with Gasteiger partial charge >= 0.3 is 12.0 Å². The molecule has 0 aliphatic heterocycles. The van der Waals surface area contributed by atoms with Crippen LogP contribution in [0.25, 0.3) is 0 Å². The van der Waals surface area contributed by atoms with E-state index in [4.69, 9.17) is 5.11 Å². The Hall–Kier alpha value is -1.26. The minimum absolute atomic E-state index is 0.339. The van der Waals surface area contributed by atoms with Gasteiger partial charge in [-0.3, -0.25) is 0 Å². The molecule has 0 bridgehead atoms. The van der Waals surface area contributed by atoms with E-state index < -0.39 is 11.5 Å². The Morgan fingerprint density at radius 3 is 2.29 bits per heavy atom. The molecule has 5 heteroatoms. The van der Waals surface area contributed by atoms with E-state index in [0.29, 0.717) is 6.54 Å². The van der Waals surface area contributed by atoms with Crippen molar-refractivity contribution in [3.8, 4) is 0 Å². The van der Waals surface area contributed by atoms with Crippen molar-refractivity contribution >= 4 is 12.0 Å². The molecule has 0 fully saturated rings. The van der Waals surface area contributed by atoms with E-state index in [0.717, 1.165) is 25.7 Å². The molecule has 0 aromatic carbocycles. The third-order valence-corrected chi connectivity index (χ3v) is 2.97. The maximum absolute atomic E-state index is 11.7. The molecule has 0 atom stereocenters. The number of nitrogens with zero attached hydrogens (tertiary/aromatic N) is 1. The summed E-state index contributed by atoms with van der Waals surface area (Å²) in [5.41, 5.74) is -1.19. The number of carboxylic acid groups (broad SMARTS) is 1. The van der Waals surface area contributed by atoms with Crippen LogP contribution in [-0.2, 0) is 4.79 Å². The number of hydrogen-bond acceptors (Lipinski definition) is 2. The van der Waals surface area contributed by atoms with Crippen molar-refractivity contribution in [2.75, 3.05) is 13.6 Å². The van der Waals surface area contributed by atoms with E-state index >= 15 is 0 Å². The first-order chi connectivity index (χ1) is 7.84. The molecule has 100 valence electrons. The molecule has 0 unspecified atom stereocenters. The summed E-state index contributed by atoms with van der Waals surface area (Å²) in [6, 6.07) is -0.339. The summed E-state index contributed by atoms with van der Waals surface area (Å²) < 4.78 is 0. The smallest absolute Gasteiger partial charge is 0.329 e. The predicted octanol–water partition coefficient (Wildman–Crippen LogP) is 2.07. The van der Waals surface area contributed by atoms with Gasteiger partial charge in [0.25, 0.3) is 0 Å². The average molecular weight is 244 g/mol. The molecule has 0 spiro atoms. The highest BCUT2D eigenvalue weighted by atomic mass is 16.4. The quantitative estimate of drug-likeness (QED) is 0.673. The van der Waals surface area contributed by atoms with Gasteiger partial charge in [-0.05, 0) is 20.3 Å². The van der Waals surface area contributed by atoms with Gasteiger partial charge in [0.2, 0.25) is 0 Å². The summed E-state index contributed by atoms with van der Waals surface area (Å²) in [6.45, 7) is 5.73. The number of carbonyl (C=O) groups excluding carboxylic acids is 1. The second-order valence-corrected chi connectivity index (χ2v) is 4.72. The van der Waals surface area contributed by atoms with Crippen LogP contribution in [0.2, 0.25) is 0 Å². The molecule has 0 saturated carbocycles. The van der Waals surface area contributed by atoms with Gasteiger partial charge in [-0.15, -0.1) is 0 Å². The highest BCUT2D eigenvalue weighted by Crippen LogP contribution is 2.12. The molecule has 0 radical (unpaired) electrons. The largest absolute Gasteiger partial charge is 0.480 e. The molecule has 2 N–H and O–H groups in total. The summed E-state index contributed by atoms with van der Waals surface area (Å²) >= 11 is 0. The molecule has 0 aromatic rings. The second kappa shape index (κ2) is 7.14. The highest BCUT2D eigenvalue weighted by molar-refractivity contribution is 5.85. The molecular weight excluding hydrogens is 220 g/mol. The topological polar surface area (TPSA) is 69.6 Å². The standard InChI is InChI=1S/C12H24N2O3/c1-5-6-7-8-9-13-11(17)14(4)12(2,3)10(15)16/h5-9H2,1-4H3,(H,13,17)(H,15,16). The third-order valence-electron chi connectivity index (χ3n) is 2.97. The number of urea groups is 1. The normalized spacial score (nSPS) is 11.1. The molecule has 5 nitrogen and oxygen atoms in total. The van der Waals surface area contributed by atoms with Crippen LogP contribution < -0.4 is 5.32 Å². The number of nitrogens with one attached hydrogen (secondary N) is 1.